The van der Waals surface area contributed by atoms with Crippen LogP contribution in [0.3, 0.4) is 0 Å². The minimum atomic E-state index is -4.12. The molecule has 1 heteroatoms. The Balaban J connectivity index is 1.71. The zero-order chi connectivity index (χ0) is 25.5. The normalized spacial score (nSPS) is 18.1. The first kappa shape index (κ1) is 24.4. The fraction of sp³-hybridized carbons (Fsp3) is 0.194. The fourth-order valence-corrected chi connectivity index (χ4v) is 28.0. The summed E-state index contributed by atoms with van der Waals surface area (Å²) in [6.07, 6.45) is 10.1. The van der Waals surface area contributed by atoms with Crippen molar-refractivity contribution in [1.82, 2.24) is 0 Å². The van der Waals surface area contributed by atoms with E-state index in [4.69, 9.17) is 0 Å². The van der Waals surface area contributed by atoms with Crippen molar-refractivity contribution in [1.29, 1.82) is 0 Å². The van der Waals surface area contributed by atoms with Crippen molar-refractivity contribution < 1.29 is 18.3 Å². The molecule has 0 radical (unpaired) electrons. The van der Waals surface area contributed by atoms with E-state index in [1.54, 1.807) is 11.1 Å². The Morgan fingerprint density at radius 2 is 1.00 bits per heavy atom. The summed E-state index contributed by atoms with van der Waals surface area (Å²) < 4.78 is 6.03. The number of rotatable bonds is 6. The number of benzene rings is 4. The quantitative estimate of drug-likeness (QED) is 0.221. The summed E-state index contributed by atoms with van der Waals surface area (Å²) in [6, 6.07) is 36.6. The van der Waals surface area contributed by atoms with Gasteiger partial charge in [0.1, 0.15) is 0 Å². The second-order valence-corrected chi connectivity index (χ2v) is 27.3. The van der Waals surface area contributed by atoms with Gasteiger partial charge >= 0.3 is 224 Å². The summed E-state index contributed by atoms with van der Waals surface area (Å²) in [5, 5.41) is 0. The van der Waals surface area contributed by atoms with E-state index in [2.05, 4.69) is 146 Å². The zero-order valence-electron chi connectivity index (χ0n) is 22.2. The molecule has 0 fully saturated rings. The van der Waals surface area contributed by atoms with Gasteiger partial charge in [-0.2, -0.15) is 0 Å². The van der Waals surface area contributed by atoms with Crippen LogP contribution in [0, 0.1) is 13.8 Å². The van der Waals surface area contributed by atoms with Crippen molar-refractivity contribution in [2.45, 2.75) is 36.3 Å². The van der Waals surface area contributed by atoms with E-state index < -0.39 is 18.3 Å². The molecular weight excluding hydrogens is 524 g/mol. The van der Waals surface area contributed by atoms with Crippen LogP contribution in [0.15, 0.2) is 109 Å². The van der Waals surface area contributed by atoms with Gasteiger partial charge in [-0.05, 0) is 0 Å². The third-order valence-electron chi connectivity index (χ3n) is 9.59. The maximum atomic E-state index is 2.81. The summed E-state index contributed by atoms with van der Waals surface area (Å²) in [6.45, 7) is 6.96. The van der Waals surface area contributed by atoms with Gasteiger partial charge in [0.15, 0.2) is 0 Å². The molecule has 2 atom stereocenters. The molecule has 2 aliphatic carbocycles. The molecule has 4 aromatic carbocycles. The molecule has 0 N–H and O–H groups in total. The van der Waals surface area contributed by atoms with Crippen LogP contribution in [-0.2, 0) is 26.6 Å². The third-order valence-corrected chi connectivity index (χ3v) is 29.8. The van der Waals surface area contributed by atoms with Crippen LogP contribution in [0.4, 0.5) is 0 Å². The molecule has 0 spiro atoms. The Morgan fingerprint density at radius 3 is 1.41 bits per heavy atom. The van der Waals surface area contributed by atoms with Crippen molar-refractivity contribution in [3.63, 3.8) is 0 Å². The monoisotopic (exact) mass is 558 g/mol. The molecule has 0 aliphatic heterocycles. The van der Waals surface area contributed by atoms with Crippen LogP contribution in [0.2, 0.25) is 0 Å². The molecule has 0 saturated heterocycles. The Morgan fingerprint density at radius 1 is 0.568 bits per heavy atom. The number of hydrogen-bond acceptors (Lipinski definition) is 0. The molecule has 184 valence electrons. The van der Waals surface area contributed by atoms with Gasteiger partial charge in [-0.25, -0.2) is 0 Å². The molecule has 0 heterocycles. The fourth-order valence-electron chi connectivity index (χ4n) is 7.74. The molecule has 0 aromatic heterocycles. The van der Waals surface area contributed by atoms with Crippen LogP contribution >= 0.6 is 0 Å². The van der Waals surface area contributed by atoms with Crippen molar-refractivity contribution >= 4 is 15.9 Å². The maximum absolute atomic E-state index is 4.12. The Hall–Kier alpha value is -2.89. The van der Waals surface area contributed by atoms with Crippen molar-refractivity contribution in [2.75, 3.05) is 0 Å². The van der Waals surface area contributed by atoms with Crippen molar-refractivity contribution in [3.8, 4) is 0 Å². The topological polar surface area (TPSA) is 0 Å². The van der Waals surface area contributed by atoms with E-state index in [1.165, 1.54) is 41.6 Å². The van der Waals surface area contributed by atoms with Crippen molar-refractivity contribution in [2.24, 2.45) is 0 Å². The van der Waals surface area contributed by atoms with Gasteiger partial charge in [0, 0.05) is 0 Å². The van der Waals surface area contributed by atoms with Crippen LogP contribution in [0.5, 0.6) is 0 Å². The van der Waals surface area contributed by atoms with Gasteiger partial charge in [0.05, 0.1) is 0 Å². The molecule has 6 rings (SSSR count). The molecule has 0 nitrogen and oxygen atoms in total. The zero-order valence-corrected chi connectivity index (χ0v) is 24.7. The second kappa shape index (κ2) is 9.45. The number of aryl methyl sites for hydroxylation is 2. The van der Waals surface area contributed by atoms with E-state index in [0.717, 1.165) is 0 Å². The molecule has 37 heavy (non-hydrogen) atoms. The Bertz CT molecular complexity index is 1470. The molecule has 0 bridgehead atoms. The second-order valence-electron chi connectivity index (χ2n) is 11.4. The third kappa shape index (κ3) is 3.86. The van der Waals surface area contributed by atoms with Gasteiger partial charge in [0.2, 0.25) is 0 Å². The number of hydrogen-bond donors (Lipinski definition) is 0. The van der Waals surface area contributed by atoms with Crippen LogP contribution in [-0.4, -0.2) is 3.71 Å². The van der Waals surface area contributed by atoms with Crippen LogP contribution in [0.1, 0.15) is 58.7 Å². The van der Waals surface area contributed by atoms with E-state index in [1.807, 2.05) is 0 Å². The summed E-state index contributed by atoms with van der Waals surface area (Å²) in [7, 11) is 0. The first-order valence-corrected chi connectivity index (χ1v) is 21.4. The van der Waals surface area contributed by atoms with Gasteiger partial charge < -0.3 is 0 Å². The standard InChI is InChI=1S/2C10H9.2C7H7.C2H4.Zr/c2*1-8-4-2-5-9-6-3-7-10(8)9;2*1-7-5-3-2-4-6-7;1-2;/h2*2-7H,1H3;2*2-6H,1H2;1H,2H3;. The summed E-state index contributed by atoms with van der Waals surface area (Å²) in [5.41, 5.74) is 11.7. The molecule has 2 aliphatic rings. The summed E-state index contributed by atoms with van der Waals surface area (Å²) >= 11 is -4.12. The first-order valence-electron chi connectivity index (χ1n) is 13.7. The van der Waals surface area contributed by atoms with Gasteiger partial charge in [-0.3, -0.25) is 0 Å². The van der Waals surface area contributed by atoms with Crippen LogP contribution < -0.4 is 0 Å². The van der Waals surface area contributed by atoms with E-state index >= 15 is 0 Å². The van der Waals surface area contributed by atoms with E-state index in [9.17, 15) is 0 Å². The summed E-state index contributed by atoms with van der Waals surface area (Å²) in [5.74, 6) is 0. The van der Waals surface area contributed by atoms with Crippen LogP contribution in [0.25, 0.3) is 12.2 Å². The average Bonchev–Trinajstić information content (AvgIpc) is 3.57. The predicted molar refractivity (Wildman–Crippen MR) is 158 cm³/mol. The Kier molecular flexibility index (Phi) is 6.24. The SMILES string of the molecule is C[CH]=[Zr]([CH2]c1ccccc1)([CH2]c1ccccc1)([CH]1C=Cc2c(C)cccc21)[CH]1C=Cc2c(C)cccc21. The Labute approximate surface area is 223 Å². The van der Waals surface area contributed by atoms with Gasteiger partial charge in [-0.1, -0.05) is 0 Å². The molecule has 0 amide bonds. The average molecular weight is 560 g/mol. The first-order chi connectivity index (χ1) is 18.0. The van der Waals surface area contributed by atoms with Crippen molar-refractivity contribution in [3.05, 3.63) is 154 Å². The number of fused-ring (bicyclic) bond motifs is 2. The van der Waals surface area contributed by atoms with Gasteiger partial charge in [0.25, 0.3) is 0 Å². The van der Waals surface area contributed by atoms with E-state index in [-0.39, 0.29) is 0 Å². The number of allylic oxidation sites excluding steroid dienone is 2. The molecule has 2 unspecified atom stereocenters. The minimum absolute atomic E-state index is 0.447. The summed E-state index contributed by atoms with van der Waals surface area (Å²) in [4.78, 5) is 0. The molecule has 0 saturated carbocycles. The molecule has 4 aromatic rings. The molecular formula is C36H36Zr. The van der Waals surface area contributed by atoms with E-state index in [0.29, 0.717) is 7.25 Å². The predicted octanol–water partition coefficient (Wildman–Crippen LogP) is 9.05. The van der Waals surface area contributed by atoms with Gasteiger partial charge in [-0.15, -0.1) is 0 Å².